The van der Waals surface area contributed by atoms with Crippen LogP contribution in [-0.4, -0.2) is 91.3 Å². The number of hydrogen-bond acceptors (Lipinski definition) is 14. The van der Waals surface area contributed by atoms with Gasteiger partial charge in [0.05, 0.1) is 37.8 Å². The zero-order valence-electron chi connectivity index (χ0n) is 21.2. The molecule has 3 fully saturated rings. The second kappa shape index (κ2) is 9.88. The first-order valence-electron chi connectivity index (χ1n) is 12.9. The number of aromatic amines is 1. The number of aliphatic hydroxyl groups is 2. The largest absolute Gasteiger partial charge is 0.472 e. The van der Waals surface area contributed by atoms with Crippen molar-refractivity contribution in [2.45, 2.75) is 62.2 Å². The van der Waals surface area contributed by atoms with Gasteiger partial charge in [-0.25, -0.2) is 29.5 Å². The first-order valence-corrected chi connectivity index (χ1v) is 14.4. The van der Waals surface area contributed by atoms with E-state index in [1.165, 1.54) is 34.4 Å². The smallest absolute Gasteiger partial charge is 0.388 e. The van der Waals surface area contributed by atoms with Crippen LogP contribution in [0, 0.1) is 5.92 Å². The molecular formula is C22H26N9O9P. The molecule has 0 radical (unpaired) electrons. The number of nitrogens with one attached hydrogen (secondary N) is 1. The second-order valence-electron chi connectivity index (χ2n) is 10.2. The van der Waals surface area contributed by atoms with Gasteiger partial charge in [-0.1, -0.05) is 6.42 Å². The zero-order valence-corrected chi connectivity index (χ0v) is 22.1. The fraction of sp³-hybridized carbons (Fsp3) is 0.545. The molecule has 0 amide bonds. The third kappa shape index (κ3) is 4.43. The Morgan fingerprint density at radius 2 is 1.68 bits per heavy atom. The van der Waals surface area contributed by atoms with Gasteiger partial charge in [-0.3, -0.25) is 23.0 Å². The number of rotatable bonds is 2. The number of nitrogens with two attached hydrogens (primary N) is 1. The molecule has 3 aliphatic heterocycles. The molecule has 41 heavy (non-hydrogen) atoms. The van der Waals surface area contributed by atoms with E-state index in [0.29, 0.717) is 30.4 Å². The average Bonchev–Trinajstić information content (AvgIpc) is 3.69. The van der Waals surface area contributed by atoms with Gasteiger partial charge in [0.25, 0.3) is 5.56 Å². The number of fused-ring (bicyclic) bond motifs is 5. The molecular weight excluding hydrogens is 565 g/mol. The highest BCUT2D eigenvalue weighted by Gasteiger charge is 2.51. The van der Waals surface area contributed by atoms with E-state index < -0.39 is 68.9 Å². The SMILES string of the molecule is Nc1ncnc2c1ncn2[C@@H]1O[C@@H]2COP(=O)(O)O[C@@H]3[C@H](O)C(CCC[C@H]2[C@H]1O)O[C@H]3n1cnc2c(=O)[nH]cnc21. The Balaban J connectivity index is 1.16. The Bertz CT molecular complexity index is 1710. The molecule has 2 unspecified atom stereocenters. The van der Waals surface area contributed by atoms with Crippen molar-refractivity contribution in [1.29, 1.82) is 0 Å². The number of H-pyrrole nitrogens is 1. The van der Waals surface area contributed by atoms with Crippen molar-refractivity contribution in [2.24, 2.45) is 5.92 Å². The third-order valence-corrected chi connectivity index (χ3v) is 8.80. The lowest BCUT2D eigenvalue weighted by molar-refractivity contribution is -0.0568. The average molecular weight is 591 g/mol. The first-order chi connectivity index (χ1) is 19.7. The lowest BCUT2D eigenvalue weighted by Crippen LogP contribution is -2.35. The zero-order chi connectivity index (χ0) is 28.5. The van der Waals surface area contributed by atoms with Crippen LogP contribution in [0.25, 0.3) is 22.3 Å². The lowest BCUT2D eigenvalue weighted by atomic mass is 9.91. The second-order valence-corrected chi connectivity index (χ2v) is 11.6. The Labute approximate surface area is 229 Å². The van der Waals surface area contributed by atoms with Crippen LogP contribution in [0.3, 0.4) is 0 Å². The van der Waals surface area contributed by atoms with E-state index in [-0.39, 0.29) is 17.0 Å². The minimum Gasteiger partial charge on any atom is -0.388 e. The van der Waals surface area contributed by atoms with E-state index in [1.807, 2.05) is 0 Å². The molecule has 0 aliphatic carbocycles. The highest BCUT2D eigenvalue weighted by atomic mass is 31.2. The monoisotopic (exact) mass is 591 g/mol. The van der Waals surface area contributed by atoms with Crippen LogP contribution >= 0.6 is 7.82 Å². The molecule has 9 atom stereocenters. The van der Waals surface area contributed by atoms with Crippen LogP contribution in [0.5, 0.6) is 0 Å². The summed E-state index contributed by atoms with van der Waals surface area (Å²) >= 11 is 0. The maximum atomic E-state index is 13.1. The highest BCUT2D eigenvalue weighted by molar-refractivity contribution is 7.47. The summed E-state index contributed by atoms with van der Waals surface area (Å²) < 4.78 is 39.0. The topological polar surface area (TPSA) is 248 Å². The minimum absolute atomic E-state index is 0.0301. The van der Waals surface area contributed by atoms with Crippen molar-refractivity contribution < 1.29 is 38.2 Å². The molecule has 218 valence electrons. The maximum absolute atomic E-state index is 13.1. The van der Waals surface area contributed by atoms with Crippen molar-refractivity contribution >= 4 is 36.0 Å². The van der Waals surface area contributed by atoms with Crippen LogP contribution < -0.4 is 11.3 Å². The fourth-order valence-corrected chi connectivity index (χ4v) is 6.78. The summed E-state index contributed by atoms with van der Waals surface area (Å²) in [5.74, 6) is -0.345. The lowest BCUT2D eigenvalue weighted by Gasteiger charge is -2.26. The van der Waals surface area contributed by atoms with Crippen LogP contribution in [0.15, 0.2) is 30.1 Å². The Morgan fingerprint density at radius 1 is 0.951 bits per heavy atom. The van der Waals surface area contributed by atoms with Crippen LogP contribution in [0.2, 0.25) is 0 Å². The van der Waals surface area contributed by atoms with E-state index >= 15 is 0 Å². The molecule has 19 heteroatoms. The van der Waals surface area contributed by atoms with Gasteiger partial charge in [0.15, 0.2) is 35.1 Å². The van der Waals surface area contributed by atoms with Crippen molar-refractivity contribution in [3.05, 3.63) is 35.7 Å². The molecule has 3 saturated heterocycles. The van der Waals surface area contributed by atoms with E-state index in [4.69, 9.17) is 24.3 Å². The summed E-state index contributed by atoms with van der Waals surface area (Å²) in [6.07, 6.45) is -0.962. The van der Waals surface area contributed by atoms with E-state index in [0.717, 1.165) is 0 Å². The number of phosphoric ester groups is 1. The quantitative estimate of drug-likeness (QED) is 0.182. The van der Waals surface area contributed by atoms with Gasteiger partial charge in [-0.15, -0.1) is 0 Å². The van der Waals surface area contributed by atoms with E-state index in [2.05, 4.69) is 29.9 Å². The minimum atomic E-state index is -4.81. The summed E-state index contributed by atoms with van der Waals surface area (Å²) in [6.45, 7) is -0.390. The van der Waals surface area contributed by atoms with E-state index in [9.17, 15) is 24.5 Å². The third-order valence-electron chi connectivity index (χ3n) is 7.82. The van der Waals surface area contributed by atoms with Crippen molar-refractivity contribution in [1.82, 2.24) is 39.0 Å². The number of hydrogen-bond donors (Lipinski definition) is 5. The number of aromatic nitrogens is 8. The summed E-state index contributed by atoms with van der Waals surface area (Å²) in [4.78, 5) is 45.8. The predicted molar refractivity (Wildman–Crippen MR) is 136 cm³/mol. The summed E-state index contributed by atoms with van der Waals surface area (Å²) in [7, 11) is -4.81. The molecule has 0 saturated carbocycles. The van der Waals surface area contributed by atoms with E-state index in [1.54, 1.807) is 0 Å². The molecule has 4 aromatic rings. The predicted octanol–water partition coefficient (Wildman–Crippen LogP) is -0.639. The van der Waals surface area contributed by atoms with Crippen LogP contribution in [-0.2, 0) is 23.1 Å². The number of imidazole rings is 2. The molecule has 6 N–H and O–H groups in total. The number of nitrogen functional groups attached to an aromatic ring is 1. The first kappa shape index (κ1) is 26.5. The molecule has 2 bridgehead atoms. The Morgan fingerprint density at radius 3 is 2.51 bits per heavy atom. The summed E-state index contributed by atoms with van der Waals surface area (Å²) in [5.41, 5.74) is 6.30. The Kier molecular flexibility index (Phi) is 6.40. The number of aliphatic hydroxyl groups excluding tert-OH is 2. The summed E-state index contributed by atoms with van der Waals surface area (Å²) in [5, 5.41) is 22.4. The van der Waals surface area contributed by atoms with Gasteiger partial charge in [-0.2, -0.15) is 0 Å². The fourth-order valence-electron chi connectivity index (χ4n) is 5.85. The maximum Gasteiger partial charge on any atom is 0.472 e. The molecule has 7 rings (SSSR count). The van der Waals surface area contributed by atoms with Crippen molar-refractivity contribution in [3.63, 3.8) is 0 Å². The molecule has 4 aromatic heterocycles. The van der Waals surface area contributed by atoms with Gasteiger partial charge < -0.3 is 35.3 Å². The van der Waals surface area contributed by atoms with Crippen molar-refractivity contribution in [3.8, 4) is 0 Å². The number of phosphoric acid groups is 1. The standard InChI is InChI=1S/C22H26N9O9P/c23-17-12-18(25-5-24-17)30(7-28-12)21-14(32)9-2-1-3-10-15(33)16(40-41(35,36)37-4-11(9)39-21)22(38-10)31-8-29-13-19(31)26-6-27-20(13)34/h5-11,14-16,21-22,32-33H,1-4H2,(H,35,36)(H2,23,24,25)(H,26,27,34)/t9-,10?,11-,14-,15-,16-,21-,22-/m1/s1. The van der Waals surface area contributed by atoms with Gasteiger partial charge >= 0.3 is 7.82 Å². The van der Waals surface area contributed by atoms with Gasteiger partial charge in [0.2, 0.25) is 0 Å². The molecule has 3 aliphatic rings. The van der Waals surface area contributed by atoms with Gasteiger partial charge in [-0.05, 0) is 12.8 Å². The van der Waals surface area contributed by atoms with Gasteiger partial charge in [0, 0.05) is 5.92 Å². The Hall–Kier alpha value is -3.35. The molecule has 7 heterocycles. The van der Waals surface area contributed by atoms with Crippen LogP contribution in [0.1, 0.15) is 31.7 Å². The number of nitrogens with zero attached hydrogens (tertiary/aromatic N) is 7. The number of anilines is 1. The normalized spacial score (nSPS) is 36.3. The van der Waals surface area contributed by atoms with Gasteiger partial charge in [0.1, 0.15) is 30.2 Å². The highest BCUT2D eigenvalue weighted by Crippen LogP contribution is 2.51. The van der Waals surface area contributed by atoms with Crippen molar-refractivity contribution in [2.75, 3.05) is 12.3 Å². The summed E-state index contributed by atoms with van der Waals surface area (Å²) in [6, 6.07) is 0. The van der Waals surface area contributed by atoms with Crippen LogP contribution in [0.4, 0.5) is 5.82 Å². The molecule has 0 spiro atoms. The molecule has 0 aromatic carbocycles. The number of ether oxygens (including phenoxy) is 2. The molecule has 18 nitrogen and oxygen atoms in total.